The van der Waals surface area contributed by atoms with Crippen LogP contribution in [0.2, 0.25) is 5.02 Å². The molecule has 5 heteroatoms. The van der Waals surface area contributed by atoms with Crippen LogP contribution in [0.25, 0.3) is 0 Å². The molecule has 0 unspecified atom stereocenters. The van der Waals surface area contributed by atoms with Gasteiger partial charge >= 0.3 is 6.03 Å². The summed E-state index contributed by atoms with van der Waals surface area (Å²) in [5, 5.41) is 3.72. The molecule has 0 saturated carbocycles. The quantitative estimate of drug-likeness (QED) is 0.842. The maximum Gasteiger partial charge on any atom is 0.325 e. The lowest BCUT2D eigenvalue weighted by Gasteiger charge is -2.51. The Morgan fingerprint density at radius 2 is 2.04 bits per heavy atom. The van der Waals surface area contributed by atoms with Crippen molar-refractivity contribution < 1.29 is 9.53 Å². The number of rotatable bonds is 1. The molecular formula is C18H17ClN2O2. The Morgan fingerprint density at radius 1 is 1.26 bits per heavy atom. The van der Waals surface area contributed by atoms with Gasteiger partial charge in [-0.2, -0.15) is 0 Å². The van der Waals surface area contributed by atoms with Crippen molar-refractivity contribution in [3.63, 3.8) is 0 Å². The maximum atomic E-state index is 12.8. The molecule has 2 heterocycles. The first-order chi connectivity index (χ1) is 11.0. The predicted octanol–water partition coefficient (Wildman–Crippen LogP) is 4.42. The van der Waals surface area contributed by atoms with Gasteiger partial charge in [-0.3, -0.25) is 4.90 Å². The largest absolute Gasteiger partial charge is 0.467 e. The van der Waals surface area contributed by atoms with Crippen molar-refractivity contribution in [2.75, 3.05) is 4.90 Å². The summed E-state index contributed by atoms with van der Waals surface area (Å²) < 4.78 is 6.24. The Hall–Kier alpha value is -2.20. The average molecular weight is 329 g/mol. The number of hydrogen-bond donors (Lipinski definition) is 1. The normalized spacial score (nSPS) is 25.4. The molecule has 23 heavy (non-hydrogen) atoms. The Morgan fingerprint density at radius 3 is 2.87 bits per heavy atom. The molecule has 2 aromatic rings. The van der Waals surface area contributed by atoms with Crippen LogP contribution < -0.4 is 15.0 Å². The van der Waals surface area contributed by atoms with Gasteiger partial charge in [0.1, 0.15) is 5.75 Å². The average Bonchev–Trinajstić information content (AvgIpc) is 2.50. The fourth-order valence-electron chi connectivity index (χ4n) is 3.53. The SMILES string of the molecule is Cc1c(Cl)cccc1N1C(=O)N[C@H]2C[C@@]1(C)Oc1ccccc12. The molecule has 1 saturated heterocycles. The van der Waals surface area contributed by atoms with Crippen LogP contribution in [0.1, 0.15) is 30.5 Å². The van der Waals surface area contributed by atoms with E-state index in [1.807, 2.05) is 56.3 Å². The summed E-state index contributed by atoms with van der Waals surface area (Å²) in [7, 11) is 0. The second-order valence-corrected chi connectivity index (χ2v) is 6.65. The van der Waals surface area contributed by atoms with Gasteiger partial charge in [-0.05, 0) is 37.6 Å². The molecule has 1 fully saturated rings. The van der Waals surface area contributed by atoms with E-state index in [-0.39, 0.29) is 12.1 Å². The lowest BCUT2D eigenvalue weighted by atomic mass is 9.90. The molecule has 1 N–H and O–H groups in total. The van der Waals surface area contributed by atoms with E-state index in [0.717, 1.165) is 22.6 Å². The van der Waals surface area contributed by atoms with E-state index >= 15 is 0 Å². The number of carbonyl (C=O) groups excluding carboxylic acids is 1. The first-order valence-electron chi connectivity index (χ1n) is 7.63. The van der Waals surface area contributed by atoms with Crippen LogP contribution in [0.15, 0.2) is 42.5 Å². The summed E-state index contributed by atoms with van der Waals surface area (Å²) in [6, 6.07) is 13.2. The van der Waals surface area contributed by atoms with Crippen LogP contribution in [0.3, 0.4) is 0 Å². The zero-order chi connectivity index (χ0) is 16.2. The number of nitrogens with zero attached hydrogens (tertiary/aromatic N) is 1. The highest BCUT2D eigenvalue weighted by Crippen LogP contribution is 2.46. The van der Waals surface area contributed by atoms with Crippen molar-refractivity contribution >= 4 is 23.3 Å². The Balaban J connectivity index is 1.84. The van der Waals surface area contributed by atoms with Crippen LogP contribution in [0.5, 0.6) is 5.75 Å². The second kappa shape index (κ2) is 4.90. The third-order valence-corrected chi connectivity index (χ3v) is 5.07. The lowest BCUT2D eigenvalue weighted by molar-refractivity contribution is 0.0378. The number of carbonyl (C=O) groups is 1. The Kier molecular flexibility index (Phi) is 3.07. The number of nitrogens with one attached hydrogen (secondary N) is 1. The highest BCUT2D eigenvalue weighted by atomic mass is 35.5. The third kappa shape index (κ3) is 2.09. The number of urea groups is 1. The number of anilines is 1. The maximum absolute atomic E-state index is 12.8. The fourth-order valence-corrected chi connectivity index (χ4v) is 3.69. The molecule has 0 radical (unpaired) electrons. The van der Waals surface area contributed by atoms with E-state index in [2.05, 4.69) is 5.32 Å². The fraction of sp³-hybridized carbons (Fsp3) is 0.278. The summed E-state index contributed by atoms with van der Waals surface area (Å²) in [5.74, 6) is 0.816. The van der Waals surface area contributed by atoms with E-state index in [0.29, 0.717) is 11.4 Å². The number of amides is 2. The predicted molar refractivity (Wildman–Crippen MR) is 90.0 cm³/mol. The summed E-state index contributed by atoms with van der Waals surface area (Å²) in [5.41, 5.74) is 1.93. The van der Waals surface area contributed by atoms with Gasteiger partial charge in [-0.1, -0.05) is 35.9 Å². The molecular weight excluding hydrogens is 312 g/mol. The minimum absolute atomic E-state index is 0.0341. The van der Waals surface area contributed by atoms with Gasteiger partial charge in [0.2, 0.25) is 0 Å². The molecule has 4 rings (SSSR count). The molecule has 2 aliphatic heterocycles. The third-order valence-electron chi connectivity index (χ3n) is 4.66. The number of halogens is 1. The van der Waals surface area contributed by atoms with Gasteiger partial charge in [0, 0.05) is 17.0 Å². The van der Waals surface area contributed by atoms with Gasteiger partial charge in [0.15, 0.2) is 5.72 Å². The molecule has 2 atom stereocenters. The van der Waals surface area contributed by atoms with Crippen molar-refractivity contribution in [3.05, 3.63) is 58.6 Å². The minimum Gasteiger partial charge on any atom is -0.467 e. The molecule has 0 aliphatic carbocycles. The van der Waals surface area contributed by atoms with E-state index < -0.39 is 5.72 Å². The van der Waals surface area contributed by atoms with E-state index in [1.165, 1.54) is 0 Å². The number of para-hydroxylation sites is 1. The van der Waals surface area contributed by atoms with Crippen molar-refractivity contribution in [2.24, 2.45) is 0 Å². The standard InChI is InChI=1S/C18H17ClN2O2/c1-11-13(19)7-5-8-15(11)21-17(22)20-14-10-18(21,2)23-16-9-4-3-6-12(14)16/h3-9,14H,10H2,1-2H3,(H,20,22)/t14-,18+/m0/s1. The lowest BCUT2D eigenvalue weighted by Crippen LogP contribution is -2.65. The molecule has 2 amide bonds. The van der Waals surface area contributed by atoms with Crippen LogP contribution in [0.4, 0.5) is 10.5 Å². The molecule has 2 aromatic carbocycles. The minimum atomic E-state index is -0.739. The first kappa shape index (κ1) is 14.4. The van der Waals surface area contributed by atoms with Crippen LogP contribution in [-0.2, 0) is 0 Å². The number of benzene rings is 2. The van der Waals surface area contributed by atoms with Crippen LogP contribution >= 0.6 is 11.6 Å². The van der Waals surface area contributed by atoms with Gasteiger partial charge < -0.3 is 10.1 Å². The highest BCUT2D eigenvalue weighted by molar-refractivity contribution is 6.31. The molecule has 0 aromatic heterocycles. The molecule has 118 valence electrons. The summed E-state index contributed by atoms with van der Waals surface area (Å²) in [6.07, 6.45) is 0.682. The van der Waals surface area contributed by atoms with Gasteiger partial charge in [0.05, 0.1) is 11.7 Å². The van der Waals surface area contributed by atoms with Gasteiger partial charge in [-0.15, -0.1) is 0 Å². The number of hydrogen-bond acceptors (Lipinski definition) is 2. The van der Waals surface area contributed by atoms with Crippen molar-refractivity contribution in [3.8, 4) is 5.75 Å². The van der Waals surface area contributed by atoms with E-state index in [4.69, 9.17) is 16.3 Å². The van der Waals surface area contributed by atoms with Crippen molar-refractivity contribution in [1.82, 2.24) is 5.32 Å². The van der Waals surface area contributed by atoms with Crippen molar-refractivity contribution in [2.45, 2.75) is 32.0 Å². The van der Waals surface area contributed by atoms with Crippen LogP contribution in [-0.4, -0.2) is 11.8 Å². The zero-order valence-corrected chi connectivity index (χ0v) is 13.7. The monoisotopic (exact) mass is 328 g/mol. The van der Waals surface area contributed by atoms with Gasteiger partial charge in [0.25, 0.3) is 0 Å². The summed E-state index contributed by atoms with van der Waals surface area (Å²) in [4.78, 5) is 14.5. The molecule has 0 spiro atoms. The number of ether oxygens (including phenoxy) is 1. The van der Waals surface area contributed by atoms with E-state index in [1.54, 1.807) is 4.90 Å². The first-order valence-corrected chi connectivity index (χ1v) is 8.01. The Labute approximate surface area is 140 Å². The Bertz CT molecular complexity index is 807. The summed E-state index contributed by atoms with van der Waals surface area (Å²) >= 11 is 6.24. The molecule has 4 nitrogen and oxygen atoms in total. The molecule has 2 aliphatic rings. The summed E-state index contributed by atoms with van der Waals surface area (Å²) in [6.45, 7) is 3.87. The topological polar surface area (TPSA) is 41.6 Å². The van der Waals surface area contributed by atoms with Crippen LogP contribution in [0, 0.1) is 6.92 Å². The smallest absolute Gasteiger partial charge is 0.325 e. The number of fused-ring (bicyclic) bond motifs is 4. The van der Waals surface area contributed by atoms with Gasteiger partial charge in [-0.25, -0.2) is 4.79 Å². The second-order valence-electron chi connectivity index (χ2n) is 6.24. The zero-order valence-electron chi connectivity index (χ0n) is 13.0. The molecule has 2 bridgehead atoms. The van der Waals surface area contributed by atoms with Crippen molar-refractivity contribution in [1.29, 1.82) is 0 Å². The van der Waals surface area contributed by atoms with E-state index in [9.17, 15) is 4.79 Å². The highest BCUT2D eigenvalue weighted by Gasteiger charge is 2.50.